The number of hydrogen-bond donors (Lipinski definition) is 2. The summed E-state index contributed by atoms with van der Waals surface area (Å²) >= 11 is 2.00. The Hall–Kier alpha value is 0.310. The van der Waals surface area contributed by atoms with E-state index in [9.17, 15) is 0 Å². The minimum atomic E-state index is 0. The molecule has 2 aliphatic rings. The number of halogens is 1. The normalized spacial score (nSPS) is 26.4. The molecule has 0 heterocycles. The lowest BCUT2D eigenvalue weighted by Crippen LogP contribution is -2.44. The van der Waals surface area contributed by atoms with Gasteiger partial charge in [-0.1, -0.05) is 0 Å². The van der Waals surface area contributed by atoms with E-state index in [-0.39, 0.29) is 24.0 Å². The molecule has 0 aromatic rings. The van der Waals surface area contributed by atoms with Crippen LogP contribution in [0, 0.1) is 5.41 Å². The summed E-state index contributed by atoms with van der Waals surface area (Å²) in [6.45, 7) is 4.80. The van der Waals surface area contributed by atoms with E-state index in [4.69, 9.17) is 4.74 Å². The first-order valence-electron chi connectivity index (χ1n) is 8.29. The summed E-state index contributed by atoms with van der Waals surface area (Å²) in [5.74, 6) is 0.976. The van der Waals surface area contributed by atoms with Crippen LogP contribution < -0.4 is 10.6 Å². The minimum absolute atomic E-state index is 0. The number of nitrogens with one attached hydrogen (secondary N) is 2. The van der Waals surface area contributed by atoms with Gasteiger partial charge in [-0.15, -0.1) is 24.0 Å². The molecule has 2 fully saturated rings. The van der Waals surface area contributed by atoms with E-state index in [0.29, 0.717) is 11.5 Å². The van der Waals surface area contributed by atoms with Gasteiger partial charge in [-0.2, -0.15) is 11.8 Å². The van der Waals surface area contributed by atoms with Gasteiger partial charge in [0.25, 0.3) is 0 Å². The van der Waals surface area contributed by atoms with Crippen LogP contribution >= 0.6 is 35.7 Å². The van der Waals surface area contributed by atoms with Crippen molar-refractivity contribution in [3.05, 3.63) is 0 Å². The van der Waals surface area contributed by atoms with Crippen LogP contribution in [0.1, 0.15) is 45.4 Å². The largest absolute Gasteiger partial charge is 0.382 e. The molecule has 2 rings (SSSR count). The molecule has 130 valence electrons. The molecule has 2 saturated carbocycles. The molecule has 2 aliphatic carbocycles. The van der Waals surface area contributed by atoms with Crippen LogP contribution in [0.4, 0.5) is 0 Å². The predicted octanol–water partition coefficient (Wildman–Crippen LogP) is 3.26. The van der Waals surface area contributed by atoms with Gasteiger partial charge in [0.1, 0.15) is 0 Å². The third kappa shape index (κ3) is 6.43. The number of rotatable bonds is 8. The van der Waals surface area contributed by atoms with E-state index in [1.165, 1.54) is 38.5 Å². The smallest absolute Gasteiger partial charge is 0.191 e. The van der Waals surface area contributed by atoms with Crippen molar-refractivity contribution in [1.82, 2.24) is 10.6 Å². The Morgan fingerprint density at radius 1 is 1.36 bits per heavy atom. The Morgan fingerprint density at radius 3 is 2.68 bits per heavy atom. The summed E-state index contributed by atoms with van der Waals surface area (Å²) in [7, 11) is 1.87. The lowest BCUT2D eigenvalue weighted by molar-refractivity contribution is 0.128. The SMILES string of the molecule is CCOCCC1(CNC(=NC)NC2CCC(SC)C2)CC1.I. The van der Waals surface area contributed by atoms with E-state index in [1.807, 2.05) is 18.8 Å². The summed E-state index contributed by atoms with van der Waals surface area (Å²) < 4.78 is 5.50. The van der Waals surface area contributed by atoms with Crippen molar-refractivity contribution in [3.8, 4) is 0 Å². The molecule has 0 saturated heterocycles. The fourth-order valence-electron chi connectivity index (χ4n) is 3.07. The van der Waals surface area contributed by atoms with E-state index in [0.717, 1.165) is 31.0 Å². The maximum absolute atomic E-state index is 5.50. The molecule has 0 spiro atoms. The second-order valence-corrected chi connectivity index (χ2v) is 7.52. The van der Waals surface area contributed by atoms with Gasteiger partial charge in [0, 0.05) is 38.1 Å². The van der Waals surface area contributed by atoms with Crippen molar-refractivity contribution >= 4 is 41.7 Å². The molecule has 2 N–H and O–H groups in total. The zero-order valence-electron chi connectivity index (χ0n) is 14.2. The molecule has 2 atom stereocenters. The Kier molecular flexibility index (Phi) is 9.47. The first-order valence-corrected chi connectivity index (χ1v) is 9.58. The van der Waals surface area contributed by atoms with Crippen molar-refractivity contribution < 1.29 is 4.74 Å². The van der Waals surface area contributed by atoms with Crippen LogP contribution in [0.25, 0.3) is 0 Å². The highest BCUT2D eigenvalue weighted by Gasteiger charge is 2.42. The Balaban J connectivity index is 0.00000242. The average molecular weight is 441 g/mol. The van der Waals surface area contributed by atoms with E-state index < -0.39 is 0 Å². The lowest BCUT2D eigenvalue weighted by Gasteiger charge is -2.21. The Morgan fingerprint density at radius 2 is 2.14 bits per heavy atom. The molecular formula is C16H32IN3OS. The summed E-state index contributed by atoms with van der Waals surface area (Å²) in [6, 6.07) is 0.590. The van der Waals surface area contributed by atoms with Crippen LogP contribution in [-0.2, 0) is 4.74 Å². The molecule has 0 bridgehead atoms. The van der Waals surface area contributed by atoms with Crippen LogP contribution in [-0.4, -0.2) is 50.3 Å². The van der Waals surface area contributed by atoms with Gasteiger partial charge in [0.2, 0.25) is 0 Å². The number of aliphatic imine (C=N–C) groups is 1. The zero-order chi connectivity index (χ0) is 15.1. The van der Waals surface area contributed by atoms with Gasteiger partial charge < -0.3 is 15.4 Å². The van der Waals surface area contributed by atoms with Gasteiger partial charge in [0.15, 0.2) is 5.96 Å². The number of ether oxygens (including phenoxy) is 1. The number of hydrogen-bond acceptors (Lipinski definition) is 3. The van der Waals surface area contributed by atoms with Crippen molar-refractivity contribution in [2.45, 2.75) is 56.7 Å². The molecule has 2 unspecified atom stereocenters. The molecule has 0 amide bonds. The number of nitrogens with zero attached hydrogens (tertiary/aromatic N) is 1. The minimum Gasteiger partial charge on any atom is -0.382 e. The highest BCUT2D eigenvalue weighted by atomic mass is 127. The maximum Gasteiger partial charge on any atom is 0.191 e. The predicted molar refractivity (Wildman–Crippen MR) is 108 cm³/mol. The number of guanidine groups is 1. The molecule has 22 heavy (non-hydrogen) atoms. The summed E-state index contributed by atoms with van der Waals surface area (Å²) in [5.41, 5.74) is 0.463. The van der Waals surface area contributed by atoms with E-state index in [2.05, 4.69) is 28.8 Å². The Labute approximate surface area is 157 Å². The second-order valence-electron chi connectivity index (χ2n) is 6.38. The first kappa shape index (κ1) is 20.4. The van der Waals surface area contributed by atoms with Crippen LogP contribution in [0.3, 0.4) is 0 Å². The fourth-order valence-corrected chi connectivity index (χ4v) is 3.87. The highest BCUT2D eigenvalue weighted by molar-refractivity contribution is 14.0. The third-order valence-corrected chi connectivity index (χ3v) is 5.95. The Bertz CT molecular complexity index is 350. The fraction of sp³-hybridized carbons (Fsp3) is 0.938. The van der Waals surface area contributed by atoms with Gasteiger partial charge in [0.05, 0.1) is 0 Å². The molecule has 4 nitrogen and oxygen atoms in total. The first-order chi connectivity index (χ1) is 10.2. The van der Waals surface area contributed by atoms with Crippen molar-refractivity contribution in [2.75, 3.05) is 33.1 Å². The topological polar surface area (TPSA) is 45.6 Å². The molecule has 0 aromatic heterocycles. The summed E-state index contributed by atoms with van der Waals surface area (Å²) in [5, 5.41) is 7.95. The maximum atomic E-state index is 5.50. The van der Waals surface area contributed by atoms with Gasteiger partial charge in [-0.25, -0.2) is 0 Å². The number of thioether (sulfide) groups is 1. The van der Waals surface area contributed by atoms with Gasteiger partial charge >= 0.3 is 0 Å². The summed E-state index contributed by atoms with van der Waals surface area (Å²) in [4.78, 5) is 4.39. The second kappa shape index (κ2) is 10.2. The van der Waals surface area contributed by atoms with Crippen molar-refractivity contribution in [2.24, 2.45) is 10.4 Å². The van der Waals surface area contributed by atoms with Crippen molar-refractivity contribution in [1.29, 1.82) is 0 Å². The molecule has 0 aliphatic heterocycles. The highest BCUT2D eigenvalue weighted by Crippen LogP contribution is 2.48. The molecule has 0 aromatic carbocycles. The van der Waals surface area contributed by atoms with Crippen LogP contribution in [0.2, 0.25) is 0 Å². The zero-order valence-corrected chi connectivity index (χ0v) is 17.3. The monoisotopic (exact) mass is 441 g/mol. The van der Waals surface area contributed by atoms with E-state index in [1.54, 1.807) is 0 Å². The molecule has 6 heteroatoms. The van der Waals surface area contributed by atoms with E-state index >= 15 is 0 Å². The molecule has 0 radical (unpaired) electrons. The lowest BCUT2D eigenvalue weighted by atomic mass is 10.0. The quantitative estimate of drug-likeness (QED) is 0.263. The average Bonchev–Trinajstić information content (AvgIpc) is 3.12. The van der Waals surface area contributed by atoms with Crippen LogP contribution in [0.5, 0.6) is 0 Å². The standard InChI is InChI=1S/C16H31N3OS.HI/c1-4-20-10-9-16(7-8-16)12-18-15(17-2)19-13-5-6-14(11-13)21-3;/h13-14H,4-12H2,1-3H3,(H2,17,18,19);1H. The van der Waals surface area contributed by atoms with Crippen LogP contribution in [0.15, 0.2) is 4.99 Å². The van der Waals surface area contributed by atoms with Crippen molar-refractivity contribution in [3.63, 3.8) is 0 Å². The van der Waals surface area contributed by atoms with Gasteiger partial charge in [-0.05, 0) is 57.1 Å². The van der Waals surface area contributed by atoms with Gasteiger partial charge in [-0.3, -0.25) is 4.99 Å². The molecular weight excluding hydrogens is 409 g/mol. The summed E-state index contributed by atoms with van der Waals surface area (Å²) in [6.07, 6.45) is 9.88. The third-order valence-electron chi connectivity index (χ3n) is 4.85.